The van der Waals surface area contributed by atoms with Crippen molar-refractivity contribution < 1.29 is 33.7 Å². The molecule has 0 aliphatic carbocycles. The van der Waals surface area contributed by atoms with Gasteiger partial charge in [-0.3, -0.25) is 0 Å². The highest BCUT2D eigenvalue weighted by Crippen LogP contribution is 2.28. The number of aliphatic carboxylic acids is 1. The SMILES string of the molecule is COC(=O)C(=O)OC(C(=O)O)c1ccc(OCc2ccccc2I)c(C=CCCN(C)C)c1. The minimum Gasteiger partial charge on any atom is -0.488 e. The summed E-state index contributed by atoms with van der Waals surface area (Å²) in [7, 11) is 4.95. The van der Waals surface area contributed by atoms with Gasteiger partial charge in [-0.15, -0.1) is 0 Å². The van der Waals surface area contributed by atoms with Crippen molar-refractivity contribution in [2.75, 3.05) is 27.7 Å². The summed E-state index contributed by atoms with van der Waals surface area (Å²) in [4.78, 5) is 36.9. The zero-order valence-electron chi connectivity index (χ0n) is 18.6. The van der Waals surface area contributed by atoms with Crippen molar-refractivity contribution in [1.82, 2.24) is 4.90 Å². The molecule has 2 aromatic rings. The Morgan fingerprint density at radius 2 is 1.85 bits per heavy atom. The maximum atomic E-state index is 11.8. The molecule has 0 radical (unpaired) electrons. The molecule has 176 valence electrons. The molecule has 0 spiro atoms. The Morgan fingerprint density at radius 1 is 1.12 bits per heavy atom. The van der Waals surface area contributed by atoms with E-state index in [1.807, 2.05) is 55.4 Å². The predicted molar refractivity (Wildman–Crippen MR) is 131 cm³/mol. The van der Waals surface area contributed by atoms with E-state index in [-0.39, 0.29) is 5.56 Å². The number of halogens is 1. The molecule has 0 saturated carbocycles. The number of carboxylic acids is 1. The van der Waals surface area contributed by atoms with E-state index in [0.29, 0.717) is 17.9 Å². The number of hydrogen-bond acceptors (Lipinski definition) is 7. The van der Waals surface area contributed by atoms with Gasteiger partial charge in [0.05, 0.1) is 7.11 Å². The minimum absolute atomic E-state index is 0.189. The van der Waals surface area contributed by atoms with Crippen molar-refractivity contribution in [2.24, 2.45) is 0 Å². The maximum Gasteiger partial charge on any atom is 0.418 e. The van der Waals surface area contributed by atoms with E-state index in [9.17, 15) is 19.5 Å². The fourth-order valence-electron chi connectivity index (χ4n) is 2.81. The molecule has 1 atom stereocenters. The second-order valence-corrected chi connectivity index (χ2v) is 8.45. The first-order chi connectivity index (χ1) is 15.7. The van der Waals surface area contributed by atoms with Gasteiger partial charge in [0.2, 0.25) is 6.10 Å². The van der Waals surface area contributed by atoms with Crippen molar-refractivity contribution >= 4 is 46.6 Å². The van der Waals surface area contributed by atoms with Crippen molar-refractivity contribution in [1.29, 1.82) is 0 Å². The van der Waals surface area contributed by atoms with E-state index in [2.05, 4.69) is 27.3 Å². The van der Waals surface area contributed by atoms with Gasteiger partial charge in [-0.1, -0.05) is 36.4 Å². The van der Waals surface area contributed by atoms with Crippen LogP contribution < -0.4 is 4.74 Å². The van der Waals surface area contributed by atoms with Crippen LogP contribution in [0.1, 0.15) is 29.2 Å². The molecule has 0 amide bonds. The van der Waals surface area contributed by atoms with E-state index in [4.69, 9.17) is 9.47 Å². The van der Waals surface area contributed by atoms with Crippen molar-refractivity contribution in [3.05, 3.63) is 68.8 Å². The summed E-state index contributed by atoms with van der Waals surface area (Å²) in [5, 5.41) is 9.56. The third kappa shape index (κ3) is 8.17. The topological polar surface area (TPSA) is 102 Å². The van der Waals surface area contributed by atoms with Crippen LogP contribution in [-0.2, 0) is 30.5 Å². The van der Waals surface area contributed by atoms with Crippen LogP contribution in [0.3, 0.4) is 0 Å². The van der Waals surface area contributed by atoms with Gasteiger partial charge in [-0.05, 0) is 61.3 Å². The summed E-state index contributed by atoms with van der Waals surface area (Å²) in [6.45, 7) is 1.17. The molecular formula is C24H26INO7. The highest BCUT2D eigenvalue weighted by atomic mass is 127. The van der Waals surface area contributed by atoms with Crippen LogP contribution in [0.25, 0.3) is 6.08 Å². The van der Waals surface area contributed by atoms with Crippen LogP contribution in [-0.4, -0.2) is 55.7 Å². The Morgan fingerprint density at radius 3 is 2.48 bits per heavy atom. The number of carboxylic acid groups (broad SMARTS) is 1. The minimum atomic E-state index is -1.67. The highest BCUT2D eigenvalue weighted by Gasteiger charge is 2.29. The molecule has 0 aliphatic heterocycles. The third-order valence-corrected chi connectivity index (χ3v) is 5.57. The van der Waals surface area contributed by atoms with Gasteiger partial charge in [0.15, 0.2) is 0 Å². The zero-order valence-corrected chi connectivity index (χ0v) is 20.8. The first kappa shape index (κ1) is 26.3. The molecule has 0 bridgehead atoms. The Labute approximate surface area is 206 Å². The van der Waals surface area contributed by atoms with Gasteiger partial charge in [-0.25, -0.2) is 14.4 Å². The normalized spacial score (nSPS) is 11.9. The van der Waals surface area contributed by atoms with Gasteiger partial charge in [0.25, 0.3) is 0 Å². The van der Waals surface area contributed by atoms with Crippen LogP contribution >= 0.6 is 22.6 Å². The third-order valence-electron chi connectivity index (χ3n) is 4.52. The van der Waals surface area contributed by atoms with Gasteiger partial charge in [0, 0.05) is 26.8 Å². The van der Waals surface area contributed by atoms with E-state index in [1.165, 1.54) is 6.07 Å². The first-order valence-corrected chi connectivity index (χ1v) is 11.1. The fourth-order valence-corrected chi connectivity index (χ4v) is 3.35. The zero-order chi connectivity index (χ0) is 24.4. The number of esters is 2. The predicted octanol–water partition coefficient (Wildman–Crippen LogP) is 3.68. The Hall–Kier alpha value is -2.92. The monoisotopic (exact) mass is 567 g/mol. The summed E-state index contributed by atoms with van der Waals surface area (Å²) >= 11 is 2.24. The summed E-state index contributed by atoms with van der Waals surface area (Å²) in [6, 6.07) is 12.5. The lowest BCUT2D eigenvalue weighted by Crippen LogP contribution is -2.25. The van der Waals surface area contributed by atoms with Gasteiger partial charge < -0.3 is 24.2 Å². The number of carbonyl (C=O) groups excluding carboxylic acids is 2. The van der Waals surface area contributed by atoms with Crippen LogP contribution in [0.15, 0.2) is 48.5 Å². The average Bonchev–Trinajstić information content (AvgIpc) is 2.79. The molecule has 0 aliphatic rings. The van der Waals surface area contributed by atoms with Crippen LogP contribution in [0.2, 0.25) is 0 Å². The lowest BCUT2D eigenvalue weighted by atomic mass is 10.0. The molecule has 0 aromatic heterocycles. The highest BCUT2D eigenvalue weighted by molar-refractivity contribution is 14.1. The van der Waals surface area contributed by atoms with Crippen LogP contribution in [0.4, 0.5) is 0 Å². The first-order valence-electron chi connectivity index (χ1n) is 10.1. The molecule has 0 heterocycles. The Bertz CT molecular complexity index is 1020. The number of hydrogen-bond donors (Lipinski definition) is 1. The lowest BCUT2D eigenvalue weighted by molar-refractivity contribution is -0.175. The Kier molecular flexibility index (Phi) is 10.3. The number of carbonyl (C=O) groups is 3. The average molecular weight is 567 g/mol. The quantitative estimate of drug-likeness (QED) is 0.264. The molecule has 0 saturated heterocycles. The number of benzene rings is 2. The molecule has 0 fully saturated rings. The molecular weight excluding hydrogens is 541 g/mol. The molecule has 2 aromatic carbocycles. The fraction of sp³-hybridized carbons (Fsp3) is 0.292. The summed E-state index contributed by atoms with van der Waals surface area (Å²) < 4.78 is 16.2. The van der Waals surface area contributed by atoms with Gasteiger partial charge >= 0.3 is 17.9 Å². The number of ether oxygens (including phenoxy) is 3. The molecule has 1 unspecified atom stereocenters. The summed E-state index contributed by atoms with van der Waals surface area (Å²) in [5.74, 6) is -3.53. The molecule has 9 heteroatoms. The summed E-state index contributed by atoms with van der Waals surface area (Å²) in [6.07, 6.45) is 2.88. The van der Waals surface area contributed by atoms with Crippen LogP contribution in [0.5, 0.6) is 5.75 Å². The van der Waals surface area contributed by atoms with Crippen molar-refractivity contribution in [2.45, 2.75) is 19.1 Å². The molecule has 33 heavy (non-hydrogen) atoms. The maximum absolute atomic E-state index is 11.8. The smallest absolute Gasteiger partial charge is 0.418 e. The second-order valence-electron chi connectivity index (χ2n) is 7.29. The summed E-state index contributed by atoms with van der Waals surface area (Å²) in [5.41, 5.74) is 1.83. The van der Waals surface area contributed by atoms with Gasteiger partial charge in [0.1, 0.15) is 12.4 Å². The van der Waals surface area contributed by atoms with E-state index >= 15 is 0 Å². The largest absolute Gasteiger partial charge is 0.488 e. The molecule has 8 nitrogen and oxygen atoms in total. The molecule has 1 N–H and O–H groups in total. The number of rotatable bonds is 10. The number of methoxy groups -OCH3 is 1. The van der Waals surface area contributed by atoms with E-state index in [0.717, 1.165) is 29.2 Å². The van der Waals surface area contributed by atoms with Crippen molar-refractivity contribution in [3.8, 4) is 5.75 Å². The standard InChI is InChI=1S/C24H26INO7/c1-26(2)13-7-6-8-16-14-17(21(22(27)28)33-24(30)23(29)31-3)11-12-20(16)32-15-18-9-4-5-10-19(18)25/h4-6,8-12,14,21H,7,13,15H2,1-3H3,(H,27,28). The van der Waals surface area contributed by atoms with E-state index in [1.54, 1.807) is 12.1 Å². The molecule has 2 rings (SSSR count). The lowest BCUT2D eigenvalue weighted by Gasteiger charge is -2.16. The number of nitrogens with zero attached hydrogens (tertiary/aromatic N) is 1. The van der Waals surface area contributed by atoms with Crippen molar-refractivity contribution in [3.63, 3.8) is 0 Å². The van der Waals surface area contributed by atoms with Crippen LogP contribution in [0, 0.1) is 3.57 Å². The van der Waals surface area contributed by atoms with E-state index < -0.39 is 24.0 Å². The van der Waals surface area contributed by atoms with Gasteiger partial charge in [-0.2, -0.15) is 0 Å². The second kappa shape index (κ2) is 12.9. The Balaban J connectivity index is 2.33.